The van der Waals surface area contributed by atoms with Crippen molar-refractivity contribution >= 4 is 33.4 Å². The number of hydrogen-bond donors (Lipinski definition) is 0. The van der Waals surface area contributed by atoms with Crippen LogP contribution in [0.15, 0.2) is 71.5 Å². The summed E-state index contributed by atoms with van der Waals surface area (Å²) in [5.74, 6) is 0.0688. The Bertz CT molecular complexity index is 1560. The maximum Gasteiger partial charge on any atom is 0.310 e. The quantitative estimate of drug-likeness (QED) is 0.313. The third kappa shape index (κ3) is 3.39. The number of pyridine rings is 1. The van der Waals surface area contributed by atoms with Crippen molar-refractivity contribution in [1.82, 2.24) is 14.5 Å². The summed E-state index contributed by atoms with van der Waals surface area (Å²) in [6.07, 6.45) is 0. The van der Waals surface area contributed by atoms with Gasteiger partial charge in [-0.05, 0) is 67.9 Å². The molecule has 5 nitrogen and oxygen atoms in total. The van der Waals surface area contributed by atoms with Crippen LogP contribution in [0.2, 0.25) is 5.02 Å². The third-order valence-electron chi connectivity index (χ3n) is 5.28. The van der Waals surface area contributed by atoms with Crippen LogP contribution in [0.25, 0.3) is 27.5 Å². The van der Waals surface area contributed by atoms with Gasteiger partial charge in [0.25, 0.3) is 5.56 Å². The Hall–Kier alpha value is -3.77. The van der Waals surface area contributed by atoms with Crippen LogP contribution in [0.4, 0.5) is 4.39 Å². The smallest absolute Gasteiger partial charge is 0.310 e. The van der Waals surface area contributed by atoms with Crippen molar-refractivity contribution in [2.45, 2.75) is 13.8 Å². The zero-order valence-corrected chi connectivity index (χ0v) is 18.0. The van der Waals surface area contributed by atoms with Crippen molar-refractivity contribution in [3.8, 4) is 17.4 Å². The molecule has 0 radical (unpaired) electrons. The van der Waals surface area contributed by atoms with Gasteiger partial charge in [0.1, 0.15) is 11.6 Å². The molecule has 0 spiro atoms. The highest BCUT2D eigenvalue weighted by molar-refractivity contribution is 6.31. The van der Waals surface area contributed by atoms with Crippen LogP contribution in [-0.2, 0) is 0 Å². The van der Waals surface area contributed by atoms with E-state index in [1.54, 1.807) is 25.1 Å². The molecule has 0 fully saturated rings. The van der Waals surface area contributed by atoms with E-state index in [9.17, 15) is 9.18 Å². The minimum absolute atomic E-state index is 0.0617. The molecule has 3 aromatic carbocycles. The van der Waals surface area contributed by atoms with Crippen molar-refractivity contribution in [3.63, 3.8) is 0 Å². The van der Waals surface area contributed by atoms with E-state index in [-0.39, 0.29) is 11.6 Å². The molecule has 0 N–H and O–H groups in total. The van der Waals surface area contributed by atoms with Gasteiger partial charge in [0.2, 0.25) is 0 Å². The second kappa shape index (κ2) is 7.73. The molecular formula is C25H17ClFN3O2. The number of fused-ring (bicyclic) bond motifs is 3. The number of benzene rings is 3. The highest BCUT2D eigenvalue weighted by Crippen LogP contribution is 2.29. The Morgan fingerprint density at radius 2 is 1.72 bits per heavy atom. The SMILES string of the molecule is Cc1cc(Oc2nc3c(c(C)nc4ccccc43)c(=O)n2-c2ccc(F)cc2)ccc1Cl. The molecule has 158 valence electrons. The number of nitrogens with zero attached hydrogens (tertiary/aromatic N) is 3. The van der Waals surface area contributed by atoms with Crippen LogP contribution in [0.5, 0.6) is 11.8 Å². The average molecular weight is 446 g/mol. The summed E-state index contributed by atoms with van der Waals surface area (Å²) in [5.41, 5.74) is 2.69. The number of ether oxygens (including phenoxy) is 1. The van der Waals surface area contributed by atoms with E-state index < -0.39 is 5.82 Å². The molecule has 0 bridgehead atoms. The van der Waals surface area contributed by atoms with E-state index in [0.717, 1.165) is 16.5 Å². The molecule has 0 aliphatic rings. The van der Waals surface area contributed by atoms with E-state index in [1.165, 1.54) is 28.8 Å². The van der Waals surface area contributed by atoms with Crippen LogP contribution in [0.3, 0.4) is 0 Å². The van der Waals surface area contributed by atoms with Gasteiger partial charge in [0, 0.05) is 10.4 Å². The molecule has 32 heavy (non-hydrogen) atoms. The lowest BCUT2D eigenvalue weighted by atomic mass is 10.1. The molecule has 0 aliphatic carbocycles. The van der Waals surface area contributed by atoms with Crippen LogP contribution >= 0.6 is 11.6 Å². The molecule has 2 heterocycles. The lowest BCUT2D eigenvalue weighted by Gasteiger charge is -2.16. The van der Waals surface area contributed by atoms with Crippen LogP contribution in [-0.4, -0.2) is 14.5 Å². The molecule has 0 aliphatic heterocycles. The first-order valence-corrected chi connectivity index (χ1v) is 10.3. The summed E-state index contributed by atoms with van der Waals surface area (Å²) in [5, 5.41) is 1.73. The summed E-state index contributed by atoms with van der Waals surface area (Å²) in [7, 11) is 0. The second-order valence-electron chi connectivity index (χ2n) is 7.46. The monoisotopic (exact) mass is 445 g/mol. The van der Waals surface area contributed by atoms with Crippen molar-refractivity contribution < 1.29 is 9.13 Å². The van der Waals surface area contributed by atoms with Gasteiger partial charge < -0.3 is 4.74 Å². The lowest BCUT2D eigenvalue weighted by molar-refractivity contribution is 0.427. The molecule has 5 rings (SSSR count). The predicted octanol–water partition coefficient (Wildman–Crippen LogP) is 6.14. The zero-order chi connectivity index (χ0) is 22.4. The van der Waals surface area contributed by atoms with E-state index in [0.29, 0.717) is 33.1 Å². The largest absolute Gasteiger partial charge is 0.425 e. The Balaban J connectivity index is 1.85. The molecule has 0 saturated carbocycles. The lowest BCUT2D eigenvalue weighted by Crippen LogP contribution is -2.22. The average Bonchev–Trinajstić information content (AvgIpc) is 2.77. The Morgan fingerprint density at radius 1 is 0.969 bits per heavy atom. The summed E-state index contributed by atoms with van der Waals surface area (Å²) < 4.78 is 21.0. The number of aromatic nitrogens is 3. The molecule has 0 saturated heterocycles. The maximum atomic E-state index is 13.7. The minimum atomic E-state index is -0.407. The van der Waals surface area contributed by atoms with E-state index in [2.05, 4.69) is 4.98 Å². The molecule has 2 aromatic heterocycles. The topological polar surface area (TPSA) is 57.0 Å². The molecule has 0 atom stereocenters. The van der Waals surface area contributed by atoms with Gasteiger partial charge in [0.05, 0.1) is 27.8 Å². The standard InChI is InChI=1S/C25H17ClFN3O2/c1-14-13-18(11-12-20(14)26)32-25-29-23-19-5-3-4-6-21(19)28-15(2)22(23)24(31)30(25)17-9-7-16(27)8-10-17/h3-13H,1-2H3. The van der Waals surface area contributed by atoms with Crippen molar-refractivity contribution in [1.29, 1.82) is 0 Å². The molecule has 7 heteroatoms. The van der Waals surface area contributed by atoms with Crippen LogP contribution < -0.4 is 10.3 Å². The summed E-state index contributed by atoms with van der Waals surface area (Å²) in [6, 6.07) is 18.3. The van der Waals surface area contributed by atoms with Crippen molar-refractivity contribution in [2.24, 2.45) is 0 Å². The highest BCUT2D eigenvalue weighted by Gasteiger charge is 2.19. The van der Waals surface area contributed by atoms with Gasteiger partial charge in [-0.3, -0.25) is 9.78 Å². The van der Waals surface area contributed by atoms with E-state index in [1.807, 2.05) is 31.2 Å². The molecule has 0 unspecified atom stereocenters. The number of halogens is 2. The Kier molecular flexibility index (Phi) is 4.87. The van der Waals surface area contributed by atoms with Gasteiger partial charge >= 0.3 is 6.01 Å². The minimum Gasteiger partial charge on any atom is -0.425 e. The van der Waals surface area contributed by atoms with Crippen molar-refractivity contribution in [3.05, 3.63) is 99.2 Å². The Morgan fingerprint density at radius 3 is 2.47 bits per heavy atom. The fourth-order valence-corrected chi connectivity index (χ4v) is 3.82. The van der Waals surface area contributed by atoms with Gasteiger partial charge in [0.15, 0.2) is 0 Å². The normalized spacial score (nSPS) is 11.2. The first kappa shape index (κ1) is 20.2. The summed E-state index contributed by atoms with van der Waals surface area (Å²) in [4.78, 5) is 23.0. The number of rotatable bonds is 3. The van der Waals surface area contributed by atoms with Crippen molar-refractivity contribution in [2.75, 3.05) is 0 Å². The first-order chi connectivity index (χ1) is 15.4. The fraction of sp³-hybridized carbons (Fsp3) is 0.0800. The van der Waals surface area contributed by atoms with Gasteiger partial charge in [-0.15, -0.1) is 0 Å². The van der Waals surface area contributed by atoms with Gasteiger partial charge in [-0.1, -0.05) is 29.8 Å². The number of para-hydroxylation sites is 1. The second-order valence-corrected chi connectivity index (χ2v) is 7.87. The zero-order valence-electron chi connectivity index (χ0n) is 17.3. The van der Waals surface area contributed by atoms with E-state index in [4.69, 9.17) is 21.3 Å². The van der Waals surface area contributed by atoms with E-state index >= 15 is 0 Å². The number of aryl methyl sites for hydroxylation is 2. The molecular weight excluding hydrogens is 429 g/mol. The highest BCUT2D eigenvalue weighted by atomic mass is 35.5. The summed E-state index contributed by atoms with van der Waals surface area (Å²) in [6.45, 7) is 3.63. The Labute approximate surface area is 187 Å². The maximum absolute atomic E-state index is 13.7. The third-order valence-corrected chi connectivity index (χ3v) is 5.71. The van der Waals surface area contributed by atoms with Crippen LogP contribution in [0.1, 0.15) is 11.3 Å². The summed E-state index contributed by atoms with van der Waals surface area (Å²) >= 11 is 6.14. The predicted molar refractivity (Wildman–Crippen MR) is 124 cm³/mol. The molecule has 0 amide bonds. The van der Waals surface area contributed by atoms with Crippen LogP contribution in [0, 0.1) is 19.7 Å². The number of hydrogen-bond acceptors (Lipinski definition) is 4. The fourth-order valence-electron chi connectivity index (χ4n) is 3.70. The van der Waals surface area contributed by atoms with Gasteiger partial charge in [-0.25, -0.2) is 8.96 Å². The molecule has 5 aromatic rings. The van der Waals surface area contributed by atoms with Gasteiger partial charge in [-0.2, -0.15) is 4.98 Å². The first-order valence-electron chi connectivity index (χ1n) is 9.94.